The lowest BCUT2D eigenvalue weighted by molar-refractivity contribution is -0.402. The smallest absolute Gasteiger partial charge is 0.433 e. The number of amides is 2. The van der Waals surface area contributed by atoms with E-state index in [1.165, 1.54) is 12.1 Å². The number of carbonyl (C=O) groups excluding carboxylic acids is 2. The van der Waals surface area contributed by atoms with E-state index in [1.807, 2.05) is 0 Å². The lowest BCUT2D eigenvalue weighted by Crippen LogP contribution is -2.34. The number of furan rings is 1. The minimum atomic E-state index is -0.693. The normalized spacial score (nSPS) is 12.2. The molecule has 11 heteroatoms. The lowest BCUT2D eigenvalue weighted by Gasteiger charge is -2.05. The Kier molecular flexibility index (Phi) is 4.78. The van der Waals surface area contributed by atoms with Gasteiger partial charge in [0.05, 0.1) is 18.8 Å². The highest BCUT2D eigenvalue weighted by atomic mass is 16.7. The van der Waals surface area contributed by atoms with Gasteiger partial charge in [0.25, 0.3) is 11.8 Å². The van der Waals surface area contributed by atoms with Crippen molar-refractivity contribution in [2.24, 2.45) is 5.10 Å². The van der Waals surface area contributed by atoms with Crippen molar-refractivity contribution in [2.45, 2.75) is 0 Å². The quantitative estimate of drug-likeness (QED) is 0.440. The maximum Gasteiger partial charge on any atom is 0.433 e. The van der Waals surface area contributed by atoms with Crippen LogP contribution >= 0.6 is 0 Å². The fourth-order valence-electron chi connectivity index (χ4n) is 2.02. The number of nitrogens with zero attached hydrogens (tertiary/aromatic N) is 2. The zero-order chi connectivity index (χ0) is 18.5. The summed E-state index contributed by atoms with van der Waals surface area (Å²) in [4.78, 5) is 33.4. The zero-order valence-electron chi connectivity index (χ0n) is 13.1. The van der Waals surface area contributed by atoms with Gasteiger partial charge >= 0.3 is 5.88 Å². The number of hydrazone groups is 1. The fourth-order valence-corrected chi connectivity index (χ4v) is 2.02. The average Bonchev–Trinajstić information content (AvgIpc) is 3.28. The van der Waals surface area contributed by atoms with Crippen molar-refractivity contribution in [3.8, 4) is 11.5 Å². The van der Waals surface area contributed by atoms with E-state index >= 15 is 0 Å². The minimum Gasteiger partial charge on any atom is -0.454 e. The second-order valence-electron chi connectivity index (χ2n) is 4.98. The molecule has 0 radical (unpaired) electrons. The Morgan fingerprint density at radius 3 is 2.81 bits per heavy atom. The van der Waals surface area contributed by atoms with Crippen molar-refractivity contribution in [1.82, 2.24) is 10.7 Å². The molecule has 0 saturated heterocycles. The van der Waals surface area contributed by atoms with Crippen LogP contribution < -0.4 is 20.2 Å². The second kappa shape index (κ2) is 7.34. The Hall–Kier alpha value is -3.89. The van der Waals surface area contributed by atoms with Crippen LogP contribution in [0.4, 0.5) is 5.88 Å². The third-order valence-corrected chi connectivity index (χ3v) is 3.22. The van der Waals surface area contributed by atoms with Gasteiger partial charge in [0.2, 0.25) is 6.79 Å². The summed E-state index contributed by atoms with van der Waals surface area (Å²) in [5.74, 6) is -0.387. The van der Waals surface area contributed by atoms with E-state index in [4.69, 9.17) is 13.9 Å². The number of ether oxygens (including phenoxy) is 2. The highest BCUT2D eigenvalue weighted by Crippen LogP contribution is 2.32. The molecule has 0 fully saturated rings. The number of nitro groups is 1. The summed E-state index contributed by atoms with van der Waals surface area (Å²) < 4.78 is 15.2. The number of fused-ring (bicyclic) bond motifs is 1. The maximum atomic E-state index is 12.0. The first-order valence-corrected chi connectivity index (χ1v) is 7.27. The average molecular weight is 360 g/mol. The molecule has 11 nitrogen and oxygen atoms in total. The van der Waals surface area contributed by atoms with Crippen molar-refractivity contribution in [1.29, 1.82) is 0 Å². The minimum absolute atomic E-state index is 0.0969. The number of hydrogen-bond acceptors (Lipinski definition) is 8. The largest absolute Gasteiger partial charge is 0.454 e. The second-order valence-corrected chi connectivity index (χ2v) is 4.98. The Balaban J connectivity index is 1.46. The predicted octanol–water partition coefficient (Wildman–Crippen LogP) is 0.797. The molecule has 0 saturated carbocycles. The highest BCUT2D eigenvalue weighted by Gasteiger charge is 2.16. The van der Waals surface area contributed by atoms with Gasteiger partial charge in [0.1, 0.15) is 4.92 Å². The first-order chi connectivity index (χ1) is 12.5. The molecule has 26 heavy (non-hydrogen) atoms. The van der Waals surface area contributed by atoms with E-state index in [-0.39, 0.29) is 19.1 Å². The Morgan fingerprint density at radius 1 is 1.23 bits per heavy atom. The highest BCUT2D eigenvalue weighted by molar-refractivity contribution is 5.97. The van der Waals surface area contributed by atoms with E-state index < -0.39 is 22.6 Å². The van der Waals surface area contributed by atoms with Crippen molar-refractivity contribution >= 4 is 23.9 Å². The lowest BCUT2D eigenvalue weighted by atomic mass is 10.2. The van der Waals surface area contributed by atoms with Crippen LogP contribution in [0.5, 0.6) is 11.5 Å². The number of hydrogen-bond donors (Lipinski definition) is 2. The van der Waals surface area contributed by atoms with E-state index in [0.717, 1.165) is 12.3 Å². The van der Waals surface area contributed by atoms with Gasteiger partial charge in [-0.2, -0.15) is 5.10 Å². The molecule has 0 spiro atoms. The maximum absolute atomic E-state index is 12.0. The fraction of sp³-hybridized carbons (Fsp3) is 0.133. The zero-order valence-corrected chi connectivity index (χ0v) is 13.1. The van der Waals surface area contributed by atoms with Gasteiger partial charge in [0, 0.05) is 5.56 Å². The van der Waals surface area contributed by atoms with Crippen LogP contribution in [0, 0.1) is 10.1 Å². The van der Waals surface area contributed by atoms with Gasteiger partial charge in [-0.15, -0.1) is 0 Å². The molecule has 2 aromatic rings. The van der Waals surface area contributed by atoms with Crippen LogP contribution in [0.25, 0.3) is 0 Å². The van der Waals surface area contributed by atoms with Crippen LogP contribution in [0.1, 0.15) is 16.1 Å². The van der Waals surface area contributed by atoms with Gasteiger partial charge in [-0.1, -0.05) is 0 Å². The Bertz CT molecular complexity index is 890. The molecule has 1 aliphatic heterocycles. The van der Waals surface area contributed by atoms with Crippen LogP contribution in [0.2, 0.25) is 0 Å². The first kappa shape index (κ1) is 17.0. The molecule has 1 aromatic heterocycles. The molecule has 2 heterocycles. The third-order valence-electron chi connectivity index (χ3n) is 3.22. The molecule has 0 atom stereocenters. The summed E-state index contributed by atoms with van der Waals surface area (Å²) in [6.07, 6.45) is 1.10. The number of carbonyl (C=O) groups is 2. The van der Waals surface area contributed by atoms with Crippen LogP contribution in [0.15, 0.2) is 39.9 Å². The van der Waals surface area contributed by atoms with Crippen LogP contribution in [-0.2, 0) is 4.79 Å². The number of rotatable bonds is 6. The third kappa shape index (κ3) is 3.95. The van der Waals surface area contributed by atoms with Crippen molar-refractivity contribution in [3.05, 3.63) is 51.8 Å². The SMILES string of the molecule is O=C(CNC(=O)c1ccc2c(c1)OCO2)N/N=C\c1ccc([N+](=O)[O-])o1. The van der Waals surface area contributed by atoms with E-state index in [9.17, 15) is 19.7 Å². The summed E-state index contributed by atoms with van der Waals surface area (Å²) in [5, 5.41) is 16.5. The molecule has 134 valence electrons. The molecule has 0 bridgehead atoms. The summed E-state index contributed by atoms with van der Waals surface area (Å²) in [6, 6.07) is 7.15. The Labute approximate surface area is 145 Å². The van der Waals surface area contributed by atoms with Crippen LogP contribution in [-0.4, -0.2) is 36.3 Å². The van der Waals surface area contributed by atoms with E-state index in [2.05, 4.69) is 15.8 Å². The number of nitrogens with one attached hydrogen (secondary N) is 2. The summed E-state index contributed by atoms with van der Waals surface area (Å²) in [5.41, 5.74) is 2.47. The molecule has 3 rings (SSSR count). The van der Waals surface area contributed by atoms with Crippen molar-refractivity contribution < 1.29 is 28.4 Å². The standard InChI is InChI=1S/C15H12N4O7/c20-13(18-17-6-10-2-4-14(26-10)19(22)23)7-16-15(21)9-1-3-11-12(5-9)25-8-24-11/h1-6H,7-8H2,(H,16,21)(H,18,20)/b17-6-. The van der Waals surface area contributed by atoms with Crippen molar-refractivity contribution in [3.63, 3.8) is 0 Å². The predicted molar refractivity (Wildman–Crippen MR) is 86.0 cm³/mol. The molecular formula is C15H12N4O7. The van der Waals surface area contributed by atoms with Gasteiger partial charge in [-0.25, -0.2) is 5.43 Å². The molecular weight excluding hydrogens is 348 g/mol. The van der Waals surface area contributed by atoms with Gasteiger partial charge in [-0.05, 0) is 24.3 Å². The molecule has 0 unspecified atom stereocenters. The molecule has 2 N–H and O–H groups in total. The van der Waals surface area contributed by atoms with E-state index in [0.29, 0.717) is 17.1 Å². The molecule has 0 aliphatic carbocycles. The van der Waals surface area contributed by atoms with Gasteiger partial charge < -0.3 is 19.2 Å². The summed E-state index contributed by atoms with van der Waals surface area (Å²) in [7, 11) is 0. The van der Waals surface area contributed by atoms with Gasteiger partial charge in [0.15, 0.2) is 17.3 Å². The van der Waals surface area contributed by atoms with E-state index in [1.54, 1.807) is 12.1 Å². The van der Waals surface area contributed by atoms with Crippen molar-refractivity contribution in [2.75, 3.05) is 13.3 Å². The van der Waals surface area contributed by atoms with Crippen LogP contribution in [0.3, 0.4) is 0 Å². The summed E-state index contributed by atoms with van der Waals surface area (Å²) in [6.45, 7) is -0.220. The molecule has 1 aliphatic rings. The molecule has 1 aromatic carbocycles. The Morgan fingerprint density at radius 2 is 2.04 bits per heavy atom. The van der Waals surface area contributed by atoms with Gasteiger partial charge in [-0.3, -0.25) is 19.7 Å². The topological polar surface area (TPSA) is 145 Å². The first-order valence-electron chi connectivity index (χ1n) is 7.27. The summed E-state index contributed by atoms with van der Waals surface area (Å²) >= 11 is 0. The molecule has 2 amide bonds. The monoisotopic (exact) mass is 360 g/mol. The number of benzene rings is 1.